The maximum atomic E-state index is 12.0. The monoisotopic (exact) mass is 253 g/mol. The molecule has 2 N–H and O–H groups in total. The Morgan fingerprint density at radius 3 is 2.67 bits per heavy atom. The number of rotatable bonds is 6. The maximum Gasteiger partial charge on any atom is 0.329 e. The minimum Gasteiger partial charge on any atom is -0.480 e. The fourth-order valence-corrected chi connectivity index (χ4v) is 1.73. The van der Waals surface area contributed by atoms with E-state index in [2.05, 4.69) is 10.4 Å². The number of hydrogen-bond acceptors (Lipinski definition) is 3. The third-order valence-electron chi connectivity index (χ3n) is 2.92. The zero-order valence-corrected chi connectivity index (χ0v) is 10.9. The van der Waals surface area contributed by atoms with Crippen molar-refractivity contribution in [1.82, 2.24) is 15.1 Å². The van der Waals surface area contributed by atoms with Gasteiger partial charge in [0, 0.05) is 12.4 Å². The van der Waals surface area contributed by atoms with E-state index in [-0.39, 0.29) is 5.91 Å². The Balaban J connectivity index is 2.76. The highest BCUT2D eigenvalue weighted by Crippen LogP contribution is 2.15. The Morgan fingerprint density at radius 2 is 2.22 bits per heavy atom. The van der Waals surface area contributed by atoms with Crippen molar-refractivity contribution in [1.29, 1.82) is 0 Å². The van der Waals surface area contributed by atoms with E-state index < -0.39 is 17.6 Å². The molecule has 0 spiro atoms. The molecule has 100 valence electrons. The third-order valence-corrected chi connectivity index (χ3v) is 2.92. The van der Waals surface area contributed by atoms with Gasteiger partial charge in [0.25, 0.3) is 0 Å². The van der Waals surface area contributed by atoms with Crippen LogP contribution in [0, 0.1) is 0 Å². The molecule has 0 saturated heterocycles. The molecule has 18 heavy (non-hydrogen) atoms. The van der Waals surface area contributed by atoms with Gasteiger partial charge in [-0.2, -0.15) is 5.10 Å². The van der Waals surface area contributed by atoms with Gasteiger partial charge in [0.2, 0.25) is 5.91 Å². The number of carboxylic acids is 1. The molecule has 2 unspecified atom stereocenters. The lowest BCUT2D eigenvalue weighted by atomic mass is 9.96. The molecule has 0 aliphatic carbocycles. The fraction of sp³-hybridized carbons (Fsp3) is 0.583. The minimum atomic E-state index is -1.23. The van der Waals surface area contributed by atoms with Crippen molar-refractivity contribution in [3.63, 3.8) is 0 Å². The molecule has 1 aromatic rings. The lowest BCUT2D eigenvalue weighted by molar-refractivity contribution is -0.147. The standard InChI is InChI=1S/C12H19N3O3/c1-4-6-12(3,11(17)18)14-10(16)9(2)15-8-5-7-13-15/h5,7-9H,4,6H2,1-3H3,(H,14,16)(H,17,18). The van der Waals surface area contributed by atoms with Gasteiger partial charge in [0.05, 0.1) is 0 Å². The molecule has 0 aromatic carbocycles. The Labute approximate surface area is 106 Å². The summed E-state index contributed by atoms with van der Waals surface area (Å²) in [6.07, 6.45) is 4.31. The second-order valence-corrected chi connectivity index (χ2v) is 4.54. The number of nitrogens with zero attached hydrogens (tertiary/aromatic N) is 2. The van der Waals surface area contributed by atoms with Gasteiger partial charge in [-0.25, -0.2) is 4.79 Å². The molecule has 0 bridgehead atoms. The molecule has 0 fully saturated rings. The van der Waals surface area contributed by atoms with Crippen molar-refractivity contribution in [2.45, 2.75) is 45.2 Å². The first-order chi connectivity index (χ1) is 8.40. The van der Waals surface area contributed by atoms with Crippen molar-refractivity contribution in [3.8, 4) is 0 Å². The Morgan fingerprint density at radius 1 is 1.56 bits per heavy atom. The molecular weight excluding hydrogens is 234 g/mol. The zero-order chi connectivity index (χ0) is 13.8. The number of carboxylic acid groups (broad SMARTS) is 1. The van der Waals surface area contributed by atoms with Crippen LogP contribution in [0.2, 0.25) is 0 Å². The number of amides is 1. The van der Waals surface area contributed by atoms with Crippen LogP contribution in [0.25, 0.3) is 0 Å². The van der Waals surface area contributed by atoms with E-state index in [1.807, 2.05) is 6.92 Å². The van der Waals surface area contributed by atoms with Gasteiger partial charge in [0.15, 0.2) is 0 Å². The van der Waals surface area contributed by atoms with Gasteiger partial charge in [-0.1, -0.05) is 13.3 Å². The van der Waals surface area contributed by atoms with Crippen LogP contribution >= 0.6 is 0 Å². The van der Waals surface area contributed by atoms with Crippen LogP contribution < -0.4 is 5.32 Å². The van der Waals surface area contributed by atoms with Crippen LogP contribution in [0.5, 0.6) is 0 Å². The summed E-state index contributed by atoms with van der Waals surface area (Å²) in [7, 11) is 0. The van der Waals surface area contributed by atoms with Crippen molar-refractivity contribution >= 4 is 11.9 Å². The van der Waals surface area contributed by atoms with E-state index in [0.29, 0.717) is 12.8 Å². The molecule has 1 aromatic heterocycles. The molecule has 0 saturated carbocycles. The number of hydrogen-bond donors (Lipinski definition) is 2. The summed E-state index contributed by atoms with van der Waals surface area (Å²) in [6.45, 7) is 5.08. The lowest BCUT2D eigenvalue weighted by Crippen LogP contribution is -2.53. The van der Waals surface area contributed by atoms with E-state index in [9.17, 15) is 14.7 Å². The molecule has 1 amide bonds. The average Bonchev–Trinajstić information content (AvgIpc) is 2.81. The first-order valence-electron chi connectivity index (χ1n) is 5.95. The van der Waals surface area contributed by atoms with Crippen LogP contribution in [-0.2, 0) is 9.59 Å². The van der Waals surface area contributed by atoms with E-state index in [1.54, 1.807) is 25.4 Å². The summed E-state index contributed by atoms with van der Waals surface area (Å²) in [5.74, 6) is -1.37. The van der Waals surface area contributed by atoms with E-state index in [1.165, 1.54) is 11.6 Å². The van der Waals surface area contributed by atoms with Crippen LogP contribution in [0.1, 0.15) is 39.7 Å². The zero-order valence-electron chi connectivity index (χ0n) is 10.9. The second-order valence-electron chi connectivity index (χ2n) is 4.54. The average molecular weight is 253 g/mol. The summed E-state index contributed by atoms with van der Waals surface area (Å²) in [5.41, 5.74) is -1.23. The highest BCUT2D eigenvalue weighted by atomic mass is 16.4. The largest absolute Gasteiger partial charge is 0.480 e. The van der Waals surface area contributed by atoms with Gasteiger partial charge < -0.3 is 10.4 Å². The smallest absolute Gasteiger partial charge is 0.329 e. The molecule has 0 radical (unpaired) electrons. The van der Waals surface area contributed by atoms with Crippen molar-refractivity contribution in [2.24, 2.45) is 0 Å². The molecule has 1 rings (SSSR count). The summed E-state index contributed by atoms with van der Waals surface area (Å²) in [6, 6.07) is 1.18. The van der Waals surface area contributed by atoms with Gasteiger partial charge in [-0.3, -0.25) is 9.48 Å². The van der Waals surface area contributed by atoms with Gasteiger partial charge >= 0.3 is 5.97 Å². The molecular formula is C12H19N3O3. The van der Waals surface area contributed by atoms with E-state index in [4.69, 9.17) is 0 Å². The predicted octanol–water partition coefficient (Wildman–Crippen LogP) is 1.20. The van der Waals surface area contributed by atoms with E-state index in [0.717, 1.165) is 0 Å². The van der Waals surface area contributed by atoms with Crippen LogP contribution in [0.3, 0.4) is 0 Å². The highest BCUT2D eigenvalue weighted by molar-refractivity contribution is 5.88. The summed E-state index contributed by atoms with van der Waals surface area (Å²) < 4.78 is 1.49. The van der Waals surface area contributed by atoms with Crippen molar-refractivity contribution < 1.29 is 14.7 Å². The molecule has 0 aliphatic rings. The Hall–Kier alpha value is -1.85. The topological polar surface area (TPSA) is 84.2 Å². The number of aliphatic carboxylic acids is 1. The number of aromatic nitrogens is 2. The summed E-state index contributed by atoms with van der Waals surface area (Å²) in [4.78, 5) is 23.2. The van der Waals surface area contributed by atoms with Crippen molar-refractivity contribution in [3.05, 3.63) is 18.5 Å². The molecule has 6 heteroatoms. The first kappa shape index (κ1) is 14.2. The number of carbonyl (C=O) groups excluding carboxylic acids is 1. The molecule has 2 atom stereocenters. The molecule has 6 nitrogen and oxygen atoms in total. The van der Waals surface area contributed by atoms with Crippen molar-refractivity contribution in [2.75, 3.05) is 0 Å². The normalized spacial score (nSPS) is 15.7. The number of carbonyl (C=O) groups is 2. The molecule has 0 aliphatic heterocycles. The summed E-state index contributed by atoms with van der Waals surface area (Å²) in [5, 5.41) is 15.7. The second kappa shape index (κ2) is 5.66. The quantitative estimate of drug-likeness (QED) is 0.798. The van der Waals surface area contributed by atoms with Gasteiger partial charge in [-0.15, -0.1) is 0 Å². The van der Waals surface area contributed by atoms with Crippen LogP contribution in [-0.4, -0.2) is 32.3 Å². The van der Waals surface area contributed by atoms with Gasteiger partial charge in [0.1, 0.15) is 11.6 Å². The maximum absolute atomic E-state index is 12.0. The van der Waals surface area contributed by atoms with Crippen LogP contribution in [0.4, 0.5) is 0 Å². The molecule has 1 heterocycles. The third kappa shape index (κ3) is 3.09. The fourth-order valence-electron chi connectivity index (χ4n) is 1.73. The minimum absolute atomic E-state index is 0.350. The predicted molar refractivity (Wildman–Crippen MR) is 66.0 cm³/mol. The lowest BCUT2D eigenvalue weighted by Gasteiger charge is -2.27. The Kier molecular flexibility index (Phi) is 4.47. The van der Waals surface area contributed by atoms with E-state index >= 15 is 0 Å². The van der Waals surface area contributed by atoms with Crippen LogP contribution in [0.15, 0.2) is 18.5 Å². The van der Waals surface area contributed by atoms with Gasteiger partial charge in [-0.05, 0) is 26.3 Å². The summed E-state index contributed by atoms with van der Waals surface area (Å²) >= 11 is 0. The SMILES string of the molecule is CCCC(C)(NC(=O)C(C)n1cccn1)C(=O)O. The first-order valence-corrected chi connectivity index (χ1v) is 5.95. The Bertz CT molecular complexity index is 416. The highest BCUT2D eigenvalue weighted by Gasteiger charge is 2.35. The number of nitrogens with one attached hydrogen (secondary N) is 1.